The summed E-state index contributed by atoms with van der Waals surface area (Å²) in [6.07, 6.45) is 1.65. The number of nitrogens with zero attached hydrogens (tertiary/aromatic N) is 1. The number of hydrogen-bond donors (Lipinski definition) is 1. The molecule has 0 radical (unpaired) electrons. The van der Waals surface area contributed by atoms with Crippen LogP contribution in [0.4, 0.5) is 0 Å². The summed E-state index contributed by atoms with van der Waals surface area (Å²) in [5, 5.41) is 5.22. The average molecular weight is 284 g/mol. The molecule has 0 aliphatic heterocycles. The average Bonchev–Trinajstić information content (AvgIpc) is 2.98. The normalized spacial score (nSPS) is 14.1. The third-order valence-corrected chi connectivity index (χ3v) is 3.89. The van der Waals surface area contributed by atoms with Gasteiger partial charge in [-0.25, -0.2) is 0 Å². The fraction of sp³-hybridized carbons (Fsp3) is 0.188. The van der Waals surface area contributed by atoms with Crippen LogP contribution in [0.3, 0.4) is 0 Å². The summed E-state index contributed by atoms with van der Waals surface area (Å²) < 4.78 is 6.07. The van der Waals surface area contributed by atoms with Gasteiger partial charge in [0.05, 0.1) is 5.52 Å². The molecule has 3 nitrogen and oxygen atoms in total. The lowest BCUT2D eigenvalue weighted by molar-refractivity contribution is 0.181. The highest BCUT2D eigenvalue weighted by Crippen LogP contribution is 2.27. The second kappa shape index (κ2) is 5.61. The number of rotatable bonds is 4. The molecule has 0 amide bonds. The fourth-order valence-electron chi connectivity index (χ4n) is 2.18. The van der Waals surface area contributed by atoms with E-state index in [-0.39, 0.29) is 12.1 Å². The van der Waals surface area contributed by atoms with Gasteiger partial charge in [0.25, 0.3) is 0 Å². The van der Waals surface area contributed by atoms with Gasteiger partial charge in [0, 0.05) is 29.3 Å². The molecule has 4 heteroatoms. The fourth-order valence-corrected chi connectivity index (χ4v) is 2.87. The summed E-state index contributed by atoms with van der Waals surface area (Å²) in [6.45, 7) is 1.96. The number of aromatic nitrogens is 1. The van der Waals surface area contributed by atoms with E-state index in [2.05, 4.69) is 16.4 Å². The molecule has 0 fully saturated rings. The van der Waals surface area contributed by atoms with Crippen LogP contribution in [-0.4, -0.2) is 11.0 Å². The van der Waals surface area contributed by atoms with Gasteiger partial charge < -0.3 is 10.5 Å². The van der Waals surface area contributed by atoms with E-state index in [0.717, 1.165) is 22.2 Å². The molecule has 2 atom stereocenters. The van der Waals surface area contributed by atoms with Crippen molar-refractivity contribution in [1.29, 1.82) is 0 Å². The second-order valence-electron chi connectivity index (χ2n) is 4.81. The lowest BCUT2D eigenvalue weighted by atomic mass is 10.1. The molecule has 20 heavy (non-hydrogen) atoms. The molecule has 102 valence electrons. The molecule has 0 spiro atoms. The minimum Gasteiger partial charge on any atom is -0.484 e. The lowest BCUT2D eigenvalue weighted by Crippen LogP contribution is -2.28. The van der Waals surface area contributed by atoms with Gasteiger partial charge in [0.1, 0.15) is 11.9 Å². The van der Waals surface area contributed by atoms with E-state index < -0.39 is 0 Å². The van der Waals surface area contributed by atoms with Gasteiger partial charge in [-0.15, -0.1) is 0 Å². The highest BCUT2D eigenvalue weighted by molar-refractivity contribution is 7.07. The van der Waals surface area contributed by atoms with Crippen LogP contribution in [0.1, 0.15) is 18.6 Å². The summed E-state index contributed by atoms with van der Waals surface area (Å²) in [4.78, 5) is 4.35. The SMILES string of the molecule is CC(N)C(Oc1ccc2cccnc2c1)c1ccsc1. The molecule has 2 heterocycles. The van der Waals surface area contributed by atoms with Crippen molar-refractivity contribution in [3.8, 4) is 5.75 Å². The molecule has 0 aliphatic rings. The first-order valence-corrected chi connectivity index (χ1v) is 7.47. The van der Waals surface area contributed by atoms with Crippen LogP contribution in [0.2, 0.25) is 0 Å². The molecule has 2 N–H and O–H groups in total. The van der Waals surface area contributed by atoms with Gasteiger partial charge in [0.2, 0.25) is 0 Å². The van der Waals surface area contributed by atoms with Crippen molar-refractivity contribution in [2.24, 2.45) is 5.73 Å². The molecule has 2 aromatic heterocycles. The highest BCUT2D eigenvalue weighted by Gasteiger charge is 2.18. The maximum atomic E-state index is 6.07. The van der Waals surface area contributed by atoms with Crippen LogP contribution in [0.5, 0.6) is 5.75 Å². The first kappa shape index (κ1) is 13.1. The first-order valence-electron chi connectivity index (χ1n) is 6.53. The minimum absolute atomic E-state index is 0.0796. The molecule has 0 aliphatic carbocycles. The van der Waals surface area contributed by atoms with Crippen molar-refractivity contribution in [3.63, 3.8) is 0 Å². The topological polar surface area (TPSA) is 48.1 Å². The van der Waals surface area contributed by atoms with E-state index in [0.29, 0.717) is 0 Å². The molecule has 2 unspecified atom stereocenters. The van der Waals surface area contributed by atoms with E-state index in [9.17, 15) is 0 Å². The Morgan fingerprint density at radius 1 is 1.25 bits per heavy atom. The Morgan fingerprint density at radius 2 is 2.15 bits per heavy atom. The van der Waals surface area contributed by atoms with E-state index in [1.807, 2.05) is 42.6 Å². The zero-order valence-corrected chi connectivity index (χ0v) is 12.0. The maximum absolute atomic E-state index is 6.07. The minimum atomic E-state index is -0.137. The molecule has 0 bridgehead atoms. The Hall–Kier alpha value is -1.91. The van der Waals surface area contributed by atoms with Gasteiger partial charge in [-0.2, -0.15) is 11.3 Å². The molecule has 0 saturated heterocycles. The predicted octanol–water partition coefficient (Wildman–Crippen LogP) is 3.76. The molecular weight excluding hydrogens is 268 g/mol. The Labute approximate surface area is 122 Å². The number of benzene rings is 1. The van der Waals surface area contributed by atoms with Crippen molar-refractivity contribution < 1.29 is 4.74 Å². The molecule has 3 rings (SSSR count). The number of fused-ring (bicyclic) bond motifs is 1. The van der Waals surface area contributed by atoms with E-state index >= 15 is 0 Å². The summed E-state index contributed by atoms with van der Waals surface area (Å²) in [5.74, 6) is 0.796. The smallest absolute Gasteiger partial charge is 0.139 e. The van der Waals surface area contributed by atoms with Crippen LogP contribution < -0.4 is 10.5 Å². The van der Waals surface area contributed by atoms with E-state index in [1.54, 1.807) is 17.5 Å². The zero-order chi connectivity index (χ0) is 13.9. The van der Waals surface area contributed by atoms with Gasteiger partial charge in [-0.3, -0.25) is 4.98 Å². The Balaban J connectivity index is 1.90. The van der Waals surface area contributed by atoms with Crippen molar-refractivity contribution in [2.45, 2.75) is 19.1 Å². The van der Waals surface area contributed by atoms with Crippen LogP contribution in [0.25, 0.3) is 10.9 Å². The third kappa shape index (κ3) is 2.66. The highest BCUT2D eigenvalue weighted by atomic mass is 32.1. The molecule has 0 saturated carbocycles. The predicted molar refractivity (Wildman–Crippen MR) is 83.1 cm³/mol. The van der Waals surface area contributed by atoms with Crippen molar-refractivity contribution in [1.82, 2.24) is 4.98 Å². The summed E-state index contributed by atoms with van der Waals surface area (Å²) in [6, 6.07) is 11.9. The Morgan fingerprint density at radius 3 is 2.90 bits per heavy atom. The number of nitrogens with two attached hydrogens (primary N) is 1. The van der Waals surface area contributed by atoms with Gasteiger partial charge in [-0.05, 0) is 41.9 Å². The van der Waals surface area contributed by atoms with Crippen LogP contribution in [-0.2, 0) is 0 Å². The quantitative estimate of drug-likeness (QED) is 0.793. The Bertz CT molecular complexity index is 695. The number of thiophene rings is 1. The third-order valence-electron chi connectivity index (χ3n) is 3.19. The van der Waals surface area contributed by atoms with Gasteiger partial charge >= 0.3 is 0 Å². The summed E-state index contributed by atoms with van der Waals surface area (Å²) in [5.41, 5.74) is 8.10. The summed E-state index contributed by atoms with van der Waals surface area (Å²) in [7, 11) is 0. The van der Waals surface area contributed by atoms with Crippen molar-refractivity contribution in [2.75, 3.05) is 0 Å². The second-order valence-corrected chi connectivity index (χ2v) is 5.59. The Kier molecular flexibility index (Phi) is 3.67. The number of hydrogen-bond acceptors (Lipinski definition) is 4. The van der Waals surface area contributed by atoms with Crippen LogP contribution in [0, 0.1) is 0 Å². The maximum Gasteiger partial charge on any atom is 0.139 e. The van der Waals surface area contributed by atoms with Crippen LogP contribution in [0.15, 0.2) is 53.4 Å². The number of ether oxygens (including phenoxy) is 1. The van der Waals surface area contributed by atoms with Crippen molar-refractivity contribution in [3.05, 3.63) is 58.9 Å². The molecule has 3 aromatic rings. The van der Waals surface area contributed by atoms with Crippen LogP contribution >= 0.6 is 11.3 Å². The van der Waals surface area contributed by atoms with Gasteiger partial charge in [-0.1, -0.05) is 6.07 Å². The first-order chi connectivity index (χ1) is 9.74. The molecule has 1 aromatic carbocycles. The largest absolute Gasteiger partial charge is 0.484 e. The zero-order valence-electron chi connectivity index (χ0n) is 11.2. The van der Waals surface area contributed by atoms with Crippen molar-refractivity contribution >= 4 is 22.2 Å². The lowest BCUT2D eigenvalue weighted by Gasteiger charge is -2.22. The molecular formula is C16H16N2OS. The number of pyridine rings is 1. The summed E-state index contributed by atoms with van der Waals surface area (Å²) >= 11 is 1.65. The monoisotopic (exact) mass is 284 g/mol. The van der Waals surface area contributed by atoms with E-state index in [4.69, 9.17) is 10.5 Å². The van der Waals surface area contributed by atoms with Gasteiger partial charge in [0.15, 0.2) is 0 Å². The van der Waals surface area contributed by atoms with E-state index in [1.165, 1.54) is 0 Å². The standard InChI is InChI=1S/C16H16N2OS/c1-11(17)16(13-6-8-20-10-13)19-14-5-4-12-3-2-7-18-15(12)9-14/h2-11,16H,17H2,1H3.